The summed E-state index contributed by atoms with van der Waals surface area (Å²) in [6.45, 7) is 5.61. The van der Waals surface area contributed by atoms with Gasteiger partial charge in [-0.2, -0.15) is 0 Å². The topological polar surface area (TPSA) is 175 Å². The van der Waals surface area contributed by atoms with Crippen LogP contribution in [0.2, 0.25) is 0 Å². The number of aliphatic hydroxyl groups excluding tert-OH is 5. The van der Waals surface area contributed by atoms with E-state index in [9.17, 15) is 35.1 Å². The van der Waals surface area contributed by atoms with Crippen LogP contribution in [0, 0.1) is 0 Å². The number of aliphatic hydroxyl groups is 5. The maximum atomic E-state index is 13.4. The zero-order valence-electron chi connectivity index (χ0n) is 50.4. The molecule has 1 aliphatic heterocycles. The molecule has 1 saturated heterocycles. The van der Waals surface area contributed by atoms with Crippen molar-refractivity contribution in [3.05, 3.63) is 122 Å². The van der Waals surface area contributed by atoms with Gasteiger partial charge in [0.05, 0.1) is 25.4 Å². The van der Waals surface area contributed by atoms with Crippen LogP contribution in [-0.2, 0) is 23.8 Å². The van der Waals surface area contributed by atoms with Crippen molar-refractivity contribution in [2.75, 3.05) is 13.2 Å². The van der Waals surface area contributed by atoms with E-state index in [2.05, 4.69) is 135 Å². The van der Waals surface area contributed by atoms with Crippen LogP contribution in [-0.4, -0.2) is 99.6 Å². The van der Waals surface area contributed by atoms with Gasteiger partial charge in [-0.25, -0.2) is 0 Å². The Bertz CT molecular complexity index is 1760. The number of allylic oxidation sites excluding steroid dienone is 19. The quantitative estimate of drug-likeness (QED) is 0.0195. The number of esters is 1. The normalized spacial score (nSPS) is 19.6. The highest BCUT2D eigenvalue weighted by atomic mass is 16.7. The number of ether oxygens (including phenoxy) is 3. The first-order valence-corrected chi connectivity index (χ1v) is 31.8. The van der Waals surface area contributed by atoms with Crippen LogP contribution in [0.15, 0.2) is 122 Å². The average molecular weight is 1120 g/mol. The third-order valence-electron chi connectivity index (χ3n) is 14.1. The second-order valence-electron chi connectivity index (χ2n) is 21.4. The molecule has 0 aromatic rings. The summed E-state index contributed by atoms with van der Waals surface area (Å²) in [6, 6.07) is -1.05. The van der Waals surface area contributed by atoms with E-state index in [-0.39, 0.29) is 19.4 Å². The molecule has 6 N–H and O–H groups in total. The van der Waals surface area contributed by atoms with E-state index in [0.29, 0.717) is 12.8 Å². The van der Waals surface area contributed by atoms with E-state index in [1.807, 2.05) is 6.08 Å². The molecule has 1 amide bonds. The molecule has 0 aromatic carbocycles. The van der Waals surface area contributed by atoms with Crippen LogP contribution in [0.4, 0.5) is 0 Å². The second kappa shape index (κ2) is 55.6. The molecule has 80 heavy (non-hydrogen) atoms. The van der Waals surface area contributed by atoms with Gasteiger partial charge in [0, 0.05) is 6.42 Å². The number of carbonyl (C=O) groups excluding carboxylic acids is 2. The molecule has 1 rings (SSSR count). The minimum Gasteiger partial charge on any atom is -0.454 e. The molecular weight excluding hydrogens is 1000 g/mol. The Morgan fingerprint density at radius 2 is 0.900 bits per heavy atom. The Kier molecular flexibility index (Phi) is 51.5. The predicted octanol–water partition coefficient (Wildman–Crippen LogP) is 15.4. The van der Waals surface area contributed by atoms with Gasteiger partial charge in [-0.15, -0.1) is 0 Å². The van der Waals surface area contributed by atoms with Crippen molar-refractivity contribution in [3.63, 3.8) is 0 Å². The third kappa shape index (κ3) is 42.8. The highest BCUT2D eigenvalue weighted by Gasteiger charge is 2.47. The minimum absolute atomic E-state index is 0.0881. The Morgan fingerprint density at radius 1 is 0.500 bits per heavy atom. The Balaban J connectivity index is 2.71. The summed E-state index contributed by atoms with van der Waals surface area (Å²) in [5.74, 6) is -1.25. The number of carbonyl (C=O) groups is 2. The maximum absolute atomic E-state index is 13.4. The monoisotopic (exact) mass is 1120 g/mol. The summed E-state index contributed by atoms with van der Waals surface area (Å²) >= 11 is 0. The number of unbranched alkanes of at least 4 members (excludes halogenated alkanes) is 20. The molecule has 0 bridgehead atoms. The van der Waals surface area contributed by atoms with Gasteiger partial charge in [-0.05, 0) is 116 Å². The fraction of sp³-hybridized carbons (Fsp3) is 0.681. The minimum atomic E-state index is -1.64. The number of nitrogens with one attached hydrogen (secondary N) is 1. The van der Waals surface area contributed by atoms with Crippen LogP contribution in [0.25, 0.3) is 0 Å². The van der Waals surface area contributed by atoms with Gasteiger partial charge >= 0.3 is 5.97 Å². The first-order chi connectivity index (χ1) is 39.2. The molecule has 456 valence electrons. The Morgan fingerprint density at radius 3 is 1.38 bits per heavy atom. The van der Waals surface area contributed by atoms with Crippen LogP contribution in [0.5, 0.6) is 0 Å². The molecule has 0 spiro atoms. The maximum Gasteiger partial charge on any atom is 0.306 e. The fourth-order valence-electron chi connectivity index (χ4n) is 9.07. The lowest BCUT2D eigenvalue weighted by Gasteiger charge is -2.41. The Labute approximate surface area is 487 Å². The fourth-order valence-corrected chi connectivity index (χ4v) is 9.07. The molecule has 11 heteroatoms. The van der Waals surface area contributed by atoms with Crippen LogP contribution in [0.3, 0.4) is 0 Å². The van der Waals surface area contributed by atoms with E-state index in [4.69, 9.17) is 14.2 Å². The first-order valence-electron chi connectivity index (χ1n) is 31.8. The van der Waals surface area contributed by atoms with E-state index < -0.39 is 67.4 Å². The molecule has 1 heterocycles. The molecule has 8 atom stereocenters. The van der Waals surface area contributed by atoms with Gasteiger partial charge in [0.25, 0.3) is 0 Å². The summed E-state index contributed by atoms with van der Waals surface area (Å²) in [6.07, 6.45) is 66.5. The molecule has 1 aliphatic rings. The van der Waals surface area contributed by atoms with Crippen molar-refractivity contribution in [2.45, 2.75) is 288 Å². The van der Waals surface area contributed by atoms with Gasteiger partial charge in [-0.1, -0.05) is 239 Å². The molecule has 0 aromatic heterocycles. The van der Waals surface area contributed by atoms with Gasteiger partial charge in [0.1, 0.15) is 24.4 Å². The van der Waals surface area contributed by atoms with Crippen molar-refractivity contribution in [3.8, 4) is 0 Å². The van der Waals surface area contributed by atoms with Crippen molar-refractivity contribution >= 4 is 11.9 Å². The van der Waals surface area contributed by atoms with Crippen LogP contribution >= 0.6 is 0 Å². The summed E-state index contributed by atoms with van der Waals surface area (Å²) < 4.78 is 17.6. The molecular formula is C69H115NO10. The highest BCUT2D eigenvalue weighted by Crippen LogP contribution is 2.26. The number of hydrogen-bond acceptors (Lipinski definition) is 10. The third-order valence-corrected chi connectivity index (χ3v) is 14.1. The van der Waals surface area contributed by atoms with Crippen molar-refractivity contribution in [1.82, 2.24) is 5.32 Å². The number of hydrogen-bond donors (Lipinski definition) is 6. The zero-order chi connectivity index (χ0) is 58.2. The van der Waals surface area contributed by atoms with Gasteiger partial charge in [0.15, 0.2) is 12.4 Å². The first kappa shape index (κ1) is 74.1. The second-order valence-corrected chi connectivity index (χ2v) is 21.4. The average Bonchev–Trinajstić information content (AvgIpc) is 3.48. The lowest BCUT2D eigenvalue weighted by atomic mass is 9.99. The van der Waals surface area contributed by atoms with E-state index in [1.165, 1.54) is 64.2 Å². The summed E-state index contributed by atoms with van der Waals surface area (Å²) in [4.78, 5) is 26.6. The van der Waals surface area contributed by atoms with Gasteiger partial charge in [0.2, 0.25) is 5.91 Å². The van der Waals surface area contributed by atoms with Crippen molar-refractivity contribution < 1.29 is 49.3 Å². The molecule has 0 radical (unpaired) electrons. The van der Waals surface area contributed by atoms with Crippen LogP contribution < -0.4 is 5.32 Å². The summed E-state index contributed by atoms with van der Waals surface area (Å²) in [5.41, 5.74) is 0. The zero-order valence-corrected chi connectivity index (χ0v) is 50.4. The van der Waals surface area contributed by atoms with E-state index in [1.54, 1.807) is 6.08 Å². The lowest BCUT2D eigenvalue weighted by Crippen LogP contribution is -2.61. The molecule has 8 unspecified atom stereocenters. The smallest absolute Gasteiger partial charge is 0.306 e. The highest BCUT2D eigenvalue weighted by molar-refractivity contribution is 5.80. The van der Waals surface area contributed by atoms with E-state index in [0.717, 1.165) is 128 Å². The lowest BCUT2D eigenvalue weighted by molar-refractivity contribution is -0.305. The van der Waals surface area contributed by atoms with Crippen molar-refractivity contribution in [1.29, 1.82) is 0 Å². The SMILES string of the molecule is CC/C=C\C/C=C\C/C=C\C/C=C\C/C=C\C/C=C\CCCCCC(O)C(=O)NC(COC1OC(CO)C(O)C(O)C1OC(=O)CCCCCC/C=C\C/C=C\C/C=C\CCCCC)C(O)/C=C/CCCCCCCCCCCC. The summed E-state index contributed by atoms with van der Waals surface area (Å²) in [7, 11) is 0. The molecule has 0 aliphatic carbocycles. The molecule has 11 nitrogen and oxygen atoms in total. The number of amides is 1. The van der Waals surface area contributed by atoms with Gasteiger partial charge < -0.3 is 45.1 Å². The Hall–Kier alpha value is -3.94. The van der Waals surface area contributed by atoms with E-state index >= 15 is 0 Å². The number of rotatable bonds is 52. The summed E-state index contributed by atoms with van der Waals surface area (Å²) in [5, 5.41) is 57.0. The van der Waals surface area contributed by atoms with Gasteiger partial charge in [-0.3, -0.25) is 9.59 Å². The molecule has 1 fully saturated rings. The largest absolute Gasteiger partial charge is 0.454 e. The van der Waals surface area contributed by atoms with Crippen molar-refractivity contribution in [2.24, 2.45) is 0 Å². The standard InChI is InChI=1S/C69H115NO10/c1-4-7-10-13-16-19-22-25-27-29-30-31-32-33-35-36-38-41-44-47-50-53-56-62(73)68(77)70-60(61(72)55-52-49-46-43-40-24-21-18-15-12-9-6-3)59-78-69-67(66(76)65(75)63(58-71)79-69)80-64(74)57-54-51-48-45-42-39-37-34-28-26-23-20-17-14-11-8-5-2/h7,10,16-17,19-20,25-28,30-31,33,35,37-39,41,52,55,60-63,65-67,69,71-73,75-76H,4-6,8-9,11-15,18,21-24,29,32,34,36,40,42-51,53-54,56-59H2,1-3H3,(H,70,77)/b10-7-,19-16-,20-17-,27-25-,28-26-,31-30-,35-33-,39-37-,41-38-,55-52+. The molecule has 0 saturated carbocycles. The van der Waals surface area contributed by atoms with Crippen LogP contribution in [0.1, 0.15) is 239 Å². The predicted molar refractivity (Wildman–Crippen MR) is 333 cm³/mol.